The van der Waals surface area contributed by atoms with E-state index in [1.54, 1.807) is 18.2 Å². The van der Waals surface area contributed by atoms with Crippen molar-refractivity contribution in [2.75, 3.05) is 16.4 Å². The van der Waals surface area contributed by atoms with Crippen LogP contribution in [-0.4, -0.2) is 17.7 Å². The van der Waals surface area contributed by atoms with Gasteiger partial charge < -0.3 is 22.1 Å². The molecule has 0 aliphatic carbocycles. The van der Waals surface area contributed by atoms with Crippen LogP contribution in [0, 0.1) is 6.92 Å². The predicted molar refractivity (Wildman–Crippen MR) is 87.8 cm³/mol. The number of primary amides is 1. The summed E-state index contributed by atoms with van der Waals surface area (Å²) in [4.78, 5) is 34.7. The number of hydrogen-bond donors (Lipinski definition) is 4. The van der Waals surface area contributed by atoms with E-state index in [0.717, 1.165) is 5.56 Å². The Morgan fingerprint density at radius 3 is 2.09 bits per heavy atom. The molecule has 118 valence electrons. The Kier molecular flexibility index (Phi) is 4.61. The summed E-state index contributed by atoms with van der Waals surface area (Å²) in [6.07, 6.45) is 0. The van der Waals surface area contributed by atoms with Crippen LogP contribution in [-0.2, 0) is 9.59 Å². The molecule has 0 aromatic heterocycles. The first kappa shape index (κ1) is 16.0. The summed E-state index contributed by atoms with van der Waals surface area (Å²) in [5.74, 6) is -2.27. The van der Waals surface area contributed by atoms with Crippen LogP contribution >= 0.6 is 0 Å². The zero-order chi connectivity index (χ0) is 17.0. The molecule has 0 fully saturated rings. The first-order valence-electron chi connectivity index (χ1n) is 6.75. The summed E-state index contributed by atoms with van der Waals surface area (Å²) in [7, 11) is 0. The van der Waals surface area contributed by atoms with Gasteiger partial charge >= 0.3 is 11.8 Å². The molecule has 0 aliphatic rings. The van der Waals surface area contributed by atoms with Gasteiger partial charge in [0.05, 0.1) is 11.4 Å². The highest BCUT2D eigenvalue weighted by Gasteiger charge is 2.15. The molecule has 0 atom stereocenters. The highest BCUT2D eigenvalue weighted by molar-refractivity contribution is 6.43. The van der Waals surface area contributed by atoms with Crippen molar-refractivity contribution in [3.05, 3.63) is 53.6 Å². The van der Waals surface area contributed by atoms with E-state index in [9.17, 15) is 14.4 Å². The minimum atomic E-state index is -0.850. The van der Waals surface area contributed by atoms with E-state index < -0.39 is 17.7 Å². The molecule has 0 aliphatic heterocycles. The van der Waals surface area contributed by atoms with Crippen LogP contribution in [0.2, 0.25) is 0 Å². The maximum Gasteiger partial charge on any atom is 0.314 e. The van der Waals surface area contributed by atoms with Crippen LogP contribution in [0.3, 0.4) is 0 Å². The number of nitrogens with two attached hydrogens (primary N) is 2. The normalized spacial score (nSPS) is 9.96. The Bertz CT molecular complexity index is 769. The van der Waals surface area contributed by atoms with Crippen LogP contribution in [0.25, 0.3) is 0 Å². The van der Waals surface area contributed by atoms with Crippen molar-refractivity contribution in [2.24, 2.45) is 5.73 Å². The SMILES string of the molecule is Cc1ccc(NC(=O)C(=O)Nc2ccc(C(N)=O)cc2)c(N)c1. The summed E-state index contributed by atoms with van der Waals surface area (Å²) in [5.41, 5.74) is 13.2. The van der Waals surface area contributed by atoms with Crippen LogP contribution in [0.1, 0.15) is 15.9 Å². The topological polar surface area (TPSA) is 127 Å². The molecular formula is C16H16N4O3. The molecule has 23 heavy (non-hydrogen) atoms. The summed E-state index contributed by atoms with van der Waals surface area (Å²) in [5, 5.41) is 4.85. The summed E-state index contributed by atoms with van der Waals surface area (Å²) in [6, 6.07) is 10.9. The van der Waals surface area contributed by atoms with Crippen molar-refractivity contribution < 1.29 is 14.4 Å². The average Bonchev–Trinajstić information content (AvgIpc) is 2.50. The first-order chi connectivity index (χ1) is 10.9. The van der Waals surface area contributed by atoms with Gasteiger partial charge in [0.1, 0.15) is 0 Å². The molecular weight excluding hydrogens is 296 g/mol. The van der Waals surface area contributed by atoms with Gasteiger partial charge in [-0.05, 0) is 48.9 Å². The predicted octanol–water partition coefficient (Wildman–Crippen LogP) is 1.25. The van der Waals surface area contributed by atoms with Gasteiger partial charge in [-0.3, -0.25) is 14.4 Å². The highest BCUT2D eigenvalue weighted by atomic mass is 16.2. The Balaban J connectivity index is 2.02. The van der Waals surface area contributed by atoms with E-state index in [4.69, 9.17) is 11.5 Å². The molecule has 0 bridgehead atoms. The number of hydrogen-bond acceptors (Lipinski definition) is 4. The fourth-order valence-corrected chi connectivity index (χ4v) is 1.88. The molecule has 2 rings (SSSR count). The number of carbonyl (C=O) groups excluding carboxylic acids is 3. The third-order valence-electron chi connectivity index (χ3n) is 3.09. The summed E-state index contributed by atoms with van der Waals surface area (Å²) >= 11 is 0. The van der Waals surface area contributed by atoms with Crippen LogP contribution in [0.5, 0.6) is 0 Å². The molecule has 0 saturated carbocycles. The molecule has 0 spiro atoms. The lowest BCUT2D eigenvalue weighted by Gasteiger charge is -2.09. The number of amides is 3. The van der Waals surface area contributed by atoms with E-state index in [1.165, 1.54) is 24.3 Å². The summed E-state index contributed by atoms with van der Waals surface area (Å²) in [6.45, 7) is 1.87. The van der Waals surface area contributed by atoms with Crippen molar-refractivity contribution >= 4 is 34.8 Å². The van der Waals surface area contributed by atoms with Crippen LogP contribution in [0.4, 0.5) is 17.1 Å². The average molecular weight is 312 g/mol. The third kappa shape index (κ3) is 4.07. The standard InChI is InChI=1S/C16H16N4O3/c1-9-2-7-13(12(17)8-9)20-16(23)15(22)19-11-5-3-10(4-6-11)14(18)21/h2-8H,17H2,1H3,(H2,18,21)(H,19,22)(H,20,23). The van der Waals surface area contributed by atoms with Gasteiger partial charge in [0, 0.05) is 11.3 Å². The highest BCUT2D eigenvalue weighted by Crippen LogP contribution is 2.19. The van der Waals surface area contributed by atoms with E-state index in [-0.39, 0.29) is 0 Å². The fraction of sp³-hybridized carbons (Fsp3) is 0.0625. The zero-order valence-electron chi connectivity index (χ0n) is 12.4. The monoisotopic (exact) mass is 312 g/mol. The zero-order valence-corrected chi connectivity index (χ0v) is 12.4. The van der Waals surface area contributed by atoms with Gasteiger partial charge in [-0.15, -0.1) is 0 Å². The van der Waals surface area contributed by atoms with Gasteiger partial charge in [0.15, 0.2) is 0 Å². The van der Waals surface area contributed by atoms with Crippen LogP contribution in [0.15, 0.2) is 42.5 Å². The molecule has 0 saturated heterocycles. The number of rotatable bonds is 3. The molecule has 2 aromatic carbocycles. The molecule has 2 aromatic rings. The van der Waals surface area contributed by atoms with Gasteiger partial charge in [0.2, 0.25) is 5.91 Å². The lowest BCUT2D eigenvalue weighted by molar-refractivity contribution is -0.132. The minimum absolute atomic E-state index is 0.305. The first-order valence-corrected chi connectivity index (χ1v) is 6.75. The van der Waals surface area contributed by atoms with E-state index >= 15 is 0 Å². The second kappa shape index (κ2) is 6.61. The molecule has 7 heteroatoms. The molecule has 6 N–H and O–H groups in total. The van der Waals surface area contributed by atoms with E-state index in [0.29, 0.717) is 22.6 Å². The van der Waals surface area contributed by atoms with Crippen LogP contribution < -0.4 is 22.1 Å². The fourth-order valence-electron chi connectivity index (χ4n) is 1.88. The van der Waals surface area contributed by atoms with Gasteiger partial charge in [-0.25, -0.2) is 0 Å². The smallest absolute Gasteiger partial charge is 0.314 e. The molecule has 0 unspecified atom stereocenters. The molecule has 7 nitrogen and oxygen atoms in total. The number of benzene rings is 2. The number of anilines is 3. The quantitative estimate of drug-likeness (QED) is 0.502. The second-order valence-corrected chi connectivity index (χ2v) is 4.94. The number of carbonyl (C=O) groups is 3. The largest absolute Gasteiger partial charge is 0.397 e. The van der Waals surface area contributed by atoms with Crippen molar-refractivity contribution in [1.82, 2.24) is 0 Å². The van der Waals surface area contributed by atoms with Crippen molar-refractivity contribution in [2.45, 2.75) is 6.92 Å². The lowest BCUT2D eigenvalue weighted by atomic mass is 10.2. The number of nitrogen functional groups attached to an aromatic ring is 1. The number of nitrogens with one attached hydrogen (secondary N) is 2. The van der Waals surface area contributed by atoms with Gasteiger partial charge in [-0.1, -0.05) is 6.07 Å². The van der Waals surface area contributed by atoms with E-state index in [1.807, 2.05) is 6.92 Å². The minimum Gasteiger partial charge on any atom is -0.397 e. The van der Waals surface area contributed by atoms with E-state index in [2.05, 4.69) is 10.6 Å². The second-order valence-electron chi connectivity index (χ2n) is 4.94. The Morgan fingerprint density at radius 2 is 1.52 bits per heavy atom. The summed E-state index contributed by atoms with van der Waals surface area (Å²) < 4.78 is 0. The number of aryl methyl sites for hydroxylation is 1. The van der Waals surface area contributed by atoms with Crippen molar-refractivity contribution in [3.63, 3.8) is 0 Å². The molecule has 0 heterocycles. The maximum atomic E-state index is 11.9. The Morgan fingerprint density at radius 1 is 0.913 bits per heavy atom. The third-order valence-corrected chi connectivity index (χ3v) is 3.09. The van der Waals surface area contributed by atoms with Gasteiger partial charge in [-0.2, -0.15) is 0 Å². The Labute approximate surface area is 132 Å². The van der Waals surface area contributed by atoms with Crippen molar-refractivity contribution in [3.8, 4) is 0 Å². The Hall–Kier alpha value is -3.35. The van der Waals surface area contributed by atoms with Gasteiger partial charge in [0.25, 0.3) is 0 Å². The molecule has 3 amide bonds. The maximum absolute atomic E-state index is 11.9. The lowest BCUT2D eigenvalue weighted by Crippen LogP contribution is -2.29. The molecule has 0 radical (unpaired) electrons. The van der Waals surface area contributed by atoms with Crippen molar-refractivity contribution in [1.29, 1.82) is 0 Å².